The van der Waals surface area contributed by atoms with E-state index in [1.54, 1.807) is 0 Å². The van der Waals surface area contributed by atoms with Gasteiger partial charge in [-0.15, -0.1) is 0 Å². The van der Waals surface area contributed by atoms with Crippen LogP contribution in [0.15, 0.2) is 182 Å². The van der Waals surface area contributed by atoms with Crippen molar-refractivity contribution < 1.29 is 0 Å². The minimum absolute atomic E-state index is 0.140. The Balaban J connectivity index is 1.10. The zero-order chi connectivity index (χ0) is 35.7. The first-order valence-electron chi connectivity index (χ1n) is 18.5. The summed E-state index contributed by atoms with van der Waals surface area (Å²) in [4.78, 5) is 4.71. The maximum atomic E-state index is 2.45. The van der Waals surface area contributed by atoms with Crippen molar-refractivity contribution in [2.24, 2.45) is 0 Å². The highest BCUT2D eigenvalue weighted by molar-refractivity contribution is 5.82. The quantitative estimate of drug-likeness (QED) is 0.158. The van der Waals surface area contributed by atoms with Gasteiger partial charge in [-0.1, -0.05) is 137 Å². The molecular formula is C50H46N2. The number of fused-ring (bicyclic) bond motifs is 1. The van der Waals surface area contributed by atoms with Crippen molar-refractivity contribution in [3.8, 4) is 22.3 Å². The van der Waals surface area contributed by atoms with Gasteiger partial charge in [-0.05, 0) is 130 Å². The van der Waals surface area contributed by atoms with Gasteiger partial charge >= 0.3 is 0 Å². The second-order valence-electron chi connectivity index (χ2n) is 15.3. The van der Waals surface area contributed by atoms with Gasteiger partial charge in [0.05, 0.1) is 0 Å². The van der Waals surface area contributed by atoms with Gasteiger partial charge in [0.15, 0.2) is 0 Å². The fourth-order valence-corrected chi connectivity index (χ4v) is 7.80. The van der Waals surface area contributed by atoms with Gasteiger partial charge in [0, 0.05) is 34.1 Å². The van der Waals surface area contributed by atoms with Crippen LogP contribution in [0.1, 0.15) is 51.7 Å². The van der Waals surface area contributed by atoms with Crippen LogP contribution in [0.2, 0.25) is 0 Å². The Hall–Kier alpha value is -5.86. The minimum atomic E-state index is 0.140. The molecule has 8 rings (SSSR count). The third kappa shape index (κ3) is 6.53. The Morgan fingerprint density at radius 1 is 0.308 bits per heavy atom. The molecule has 7 aromatic carbocycles. The molecule has 1 aliphatic carbocycles. The van der Waals surface area contributed by atoms with E-state index in [9.17, 15) is 0 Å². The molecule has 0 aromatic heterocycles. The van der Waals surface area contributed by atoms with Gasteiger partial charge in [-0.3, -0.25) is 0 Å². The van der Waals surface area contributed by atoms with E-state index < -0.39 is 0 Å². The number of anilines is 6. The van der Waals surface area contributed by atoms with Gasteiger partial charge in [-0.2, -0.15) is 0 Å². The predicted octanol–water partition coefficient (Wildman–Crippen LogP) is 14.3. The first kappa shape index (κ1) is 33.3. The van der Waals surface area contributed by atoms with Gasteiger partial charge in [-0.25, -0.2) is 0 Å². The molecule has 0 N–H and O–H groups in total. The summed E-state index contributed by atoms with van der Waals surface area (Å²) in [5.41, 5.74) is 15.0. The van der Waals surface area contributed by atoms with Crippen LogP contribution in [0, 0.1) is 0 Å². The summed E-state index contributed by atoms with van der Waals surface area (Å²) in [7, 11) is 0. The van der Waals surface area contributed by atoms with Crippen LogP contribution in [-0.2, 0) is 10.8 Å². The van der Waals surface area contributed by atoms with Crippen LogP contribution in [0.4, 0.5) is 34.1 Å². The fourth-order valence-electron chi connectivity index (χ4n) is 7.80. The maximum absolute atomic E-state index is 2.45. The lowest BCUT2D eigenvalue weighted by Gasteiger charge is -2.42. The minimum Gasteiger partial charge on any atom is -0.311 e. The molecular weight excluding hydrogens is 629 g/mol. The highest BCUT2D eigenvalue weighted by atomic mass is 15.1. The lowest BCUT2D eigenvalue weighted by atomic mass is 9.63. The maximum Gasteiger partial charge on any atom is 0.0464 e. The molecule has 0 radical (unpaired) electrons. The van der Waals surface area contributed by atoms with Crippen LogP contribution >= 0.6 is 0 Å². The molecule has 0 spiro atoms. The van der Waals surface area contributed by atoms with E-state index in [1.165, 1.54) is 51.9 Å². The van der Waals surface area contributed by atoms with Gasteiger partial charge in [0.25, 0.3) is 0 Å². The summed E-state index contributed by atoms with van der Waals surface area (Å²) in [5, 5.41) is 0. The van der Waals surface area contributed by atoms with Crippen molar-refractivity contribution in [1.29, 1.82) is 0 Å². The molecule has 2 heteroatoms. The molecule has 52 heavy (non-hydrogen) atoms. The van der Waals surface area contributed by atoms with E-state index in [2.05, 4.69) is 219 Å². The summed E-state index contributed by atoms with van der Waals surface area (Å²) in [6.45, 7) is 9.59. The largest absolute Gasteiger partial charge is 0.311 e. The Morgan fingerprint density at radius 2 is 0.615 bits per heavy atom. The molecule has 0 aliphatic heterocycles. The van der Waals surface area contributed by atoms with Crippen LogP contribution in [0.3, 0.4) is 0 Å². The van der Waals surface area contributed by atoms with Gasteiger partial charge in [0.2, 0.25) is 0 Å². The van der Waals surface area contributed by atoms with Crippen molar-refractivity contribution in [2.75, 3.05) is 9.80 Å². The third-order valence-corrected chi connectivity index (χ3v) is 10.9. The van der Waals surface area contributed by atoms with Crippen LogP contribution < -0.4 is 9.80 Å². The lowest BCUT2D eigenvalue weighted by Crippen LogP contribution is -2.34. The Morgan fingerprint density at radius 3 is 1.04 bits per heavy atom. The molecule has 0 fully saturated rings. The molecule has 7 aromatic rings. The molecule has 2 nitrogen and oxygen atoms in total. The highest BCUT2D eigenvalue weighted by Gasteiger charge is 2.37. The average Bonchev–Trinajstić information content (AvgIpc) is 3.19. The topological polar surface area (TPSA) is 6.48 Å². The number of rotatable bonds is 8. The standard InChI is InChI=1S/C50H46N2/c1-49(2)34-35-50(3,4)48-36-46(32-33-47(48)49)52(42-18-12-7-13-19-42)45-30-24-40(25-31-45)39-22-28-44(29-23-39)51(41-16-10-6-11-17-41)43-26-20-38(21-27-43)37-14-8-5-9-15-37/h5-33,36H,34-35H2,1-4H3. The second-order valence-corrected chi connectivity index (χ2v) is 15.3. The summed E-state index contributed by atoms with van der Waals surface area (Å²) >= 11 is 0. The van der Waals surface area contributed by atoms with Crippen molar-refractivity contribution in [3.63, 3.8) is 0 Å². The van der Waals surface area contributed by atoms with Crippen molar-refractivity contribution >= 4 is 34.1 Å². The number of hydrogen-bond acceptors (Lipinski definition) is 2. The Labute approximate surface area is 309 Å². The van der Waals surface area contributed by atoms with Crippen LogP contribution in [0.25, 0.3) is 22.3 Å². The van der Waals surface area contributed by atoms with Crippen molar-refractivity contribution in [1.82, 2.24) is 0 Å². The monoisotopic (exact) mass is 674 g/mol. The number of para-hydroxylation sites is 2. The van der Waals surface area contributed by atoms with E-state index >= 15 is 0 Å². The first-order valence-corrected chi connectivity index (χ1v) is 18.5. The second kappa shape index (κ2) is 13.7. The number of benzene rings is 7. The molecule has 256 valence electrons. The molecule has 0 unspecified atom stereocenters. The molecule has 1 aliphatic rings. The SMILES string of the molecule is CC1(C)CCC(C)(C)c2cc(N(c3ccccc3)c3ccc(-c4ccc(N(c5ccccc5)c5ccc(-c6ccccc6)cc5)cc4)cc3)ccc21. The van der Waals surface area contributed by atoms with Crippen LogP contribution in [-0.4, -0.2) is 0 Å². The summed E-state index contributed by atoms with van der Waals surface area (Å²) in [6.07, 6.45) is 2.41. The normalized spacial score (nSPS) is 14.3. The first-order chi connectivity index (χ1) is 25.3. The predicted molar refractivity (Wildman–Crippen MR) is 222 cm³/mol. The summed E-state index contributed by atoms with van der Waals surface area (Å²) in [6, 6.07) is 65.8. The summed E-state index contributed by atoms with van der Waals surface area (Å²) in [5.74, 6) is 0. The smallest absolute Gasteiger partial charge is 0.0464 e. The molecule has 0 atom stereocenters. The lowest BCUT2D eigenvalue weighted by molar-refractivity contribution is 0.332. The summed E-state index contributed by atoms with van der Waals surface area (Å²) < 4.78 is 0. The third-order valence-electron chi connectivity index (χ3n) is 10.9. The van der Waals surface area contributed by atoms with E-state index in [0.29, 0.717) is 0 Å². The number of nitrogens with zero attached hydrogens (tertiary/aromatic N) is 2. The zero-order valence-corrected chi connectivity index (χ0v) is 30.6. The fraction of sp³-hybridized carbons (Fsp3) is 0.160. The molecule has 0 amide bonds. The van der Waals surface area contributed by atoms with E-state index in [-0.39, 0.29) is 10.8 Å². The highest BCUT2D eigenvalue weighted by Crippen LogP contribution is 2.48. The average molecular weight is 675 g/mol. The Kier molecular flexibility index (Phi) is 8.77. The van der Waals surface area contributed by atoms with Crippen LogP contribution in [0.5, 0.6) is 0 Å². The van der Waals surface area contributed by atoms with Crippen molar-refractivity contribution in [3.05, 3.63) is 193 Å². The number of hydrogen-bond donors (Lipinski definition) is 0. The Bertz CT molecular complexity index is 2250. The zero-order valence-electron chi connectivity index (χ0n) is 30.6. The molecule has 0 heterocycles. The molecule has 0 bridgehead atoms. The van der Waals surface area contributed by atoms with Gasteiger partial charge in [0.1, 0.15) is 0 Å². The van der Waals surface area contributed by atoms with Gasteiger partial charge < -0.3 is 9.80 Å². The van der Waals surface area contributed by atoms with E-state index in [4.69, 9.17) is 0 Å². The van der Waals surface area contributed by atoms with E-state index in [0.717, 1.165) is 28.4 Å². The molecule has 0 saturated carbocycles. The van der Waals surface area contributed by atoms with E-state index in [1.807, 2.05) is 0 Å². The van der Waals surface area contributed by atoms with Crippen molar-refractivity contribution in [2.45, 2.75) is 51.4 Å². The molecule has 0 saturated heterocycles.